The highest BCUT2D eigenvalue weighted by atomic mass is 16.5. The lowest BCUT2D eigenvalue weighted by Gasteiger charge is -2.24. The number of aromatic nitrogens is 3. The molecule has 0 amide bonds. The predicted octanol–water partition coefficient (Wildman–Crippen LogP) is 4.88. The van der Waals surface area contributed by atoms with E-state index in [-0.39, 0.29) is 0 Å². The monoisotopic (exact) mass is 378 g/mol. The summed E-state index contributed by atoms with van der Waals surface area (Å²) >= 11 is 0. The highest BCUT2D eigenvalue weighted by Crippen LogP contribution is 2.26. The minimum absolute atomic E-state index is 0.469. The fraction of sp³-hybridized carbons (Fsp3) is 0.478. The van der Waals surface area contributed by atoms with Crippen LogP contribution in [0.25, 0.3) is 11.0 Å². The van der Waals surface area contributed by atoms with E-state index in [1.165, 1.54) is 42.6 Å². The average Bonchev–Trinajstić information content (AvgIpc) is 3.39. The van der Waals surface area contributed by atoms with Crippen molar-refractivity contribution in [2.75, 3.05) is 19.7 Å². The number of likely N-dealkylation sites (tertiary alicyclic amines) is 1. The summed E-state index contributed by atoms with van der Waals surface area (Å²) in [5.74, 6) is 0. The van der Waals surface area contributed by atoms with Crippen molar-refractivity contribution in [3.05, 3.63) is 53.3 Å². The molecule has 148 valence electrons. The van der Waals surface area contributed by atoms with Crippen molar-refractivity contribution in [3.63, 3.8) is 0 Å². The van der Waals surface area contributed by atoms with Gasteiger partial charge in [0.15, 0.2) is 0 Å². The summed E-state index contributed by atoms with van der Waals surface area (Å²) in [5, 5.41) is 0. The van der Waals surface area contributed by atoms with Gasteiger partial charge in [-0.15, -0.1) is 0 Å². The number of hydrogen-bond donors (Lipinski definition) is 1. The average molecular weight is 379 g/mol. The van der Waals surface area contributed by atoms with Gasteiger partial charge in [-0.05, 0) is 50.4 Å². The largest absolute Gasteiger partial charge is 0.463 e. The van der Waals surface area contributed by atoms with Crippen LogP contribution in [0.1, 0.15) is 62.3 Å². The summed E-state index contributed by atoms with van der Waals surface area (Å²) < 4.78 is 5.68. The molecule has 5 nitrogen and oxygen atoms in total. The van der Waals surface area contributed by atoms with Gasteiger partial charge < -0.3 is 9.72 Å². The van der Waals surface area contributed by atoms with Crippen LogP contribution in [0.3, 0.4) is 0 Å². The predicted molar refractivity (Wildman–Crippen MR) is 113 cm³/mol. The molecule has 4 rings (SSSR count). The highest BCUT2D eigenvalue weighted by molar-refractivity contribution is 5.78. The van der Waals surface area contributed by atoms with Crippen LogP contribution >= 0.6 is 0 Å². The van der Waals surface area contributed by atoms with Crippen molar-refractivity contribution in [1.82, 2.24) is 19.9 Å². The quantitative estimate of drug-likeness (QED) is 0.567. The van der Waals surface area contributed by atoms with Gasteiger partial charge in [-0.3, -0.25) is 4.90 Å². The minimum Gasteiger partial charge on any atom is -0.463 e. The van der Waals surface area contributed by atoms with E-state index >= 15 is 0 Å². The van der Waals surface area contributed by atoms with Gasteiger partial charge in [0.1, 0.15) is 0 Å². The lowest BCUT2D eigenvalue weighted by atomic mass is 10.0. The topological polar surface area (TPSA) is 54.0 Å². The van der Waals surface area contributed by atoms with Crippen molar-refractivity contribution in [3.8, 4) is 6.01 Å². The van der Waals surface area contributed by atoms with Crippen LogP contribution in [0, 0.1) is 0 Å². The summed E-state index contributed by atoms with van der Waals surface area (Å²) in [6, 6.07) is 10.0. The van der Waals surface area contributed by atoms with E-state index in [1.54, 1.807) is 0 Å². The Kier molecular flexibility index (Phi) is 5.91. The van der Waals surface area contributed by atoms with E-state index in [9.17, 15) is 0 Å². The Morgan fingerprint density at radius 2 is 1.96 bits per heavy atom. The van der Waals surface area contributed by atoms with E-state index < -0.39 is 0 Å². The first-order valence-electron chi connectivity index (χ1n) is 10.5. The molecule has 3 heterocycles. The molecule has 0 saturated carbocycles. The number of aromatic amines is 1. The van der Waals surface area contributed by atoms with Crippen LogP contribution in [0.2, 0.25) is 0 Å². The molecule has 1 aliphatic heterocycles. The normalized spacial score (nSPS) is 15.9. The Balaban J connectivity index is 1.47. The van der Waals surface area contributed by atoms with Crippen LogP contribution in [-0.2, 0) is 6.42 Å². The zero-order valence-corrected chi connectivity index (χ0v) is 16.9. The Hall–Kier alpha value is -2.40. The molecule has 2 aromatic heterocycles. The van der Waals surface area contributed by atoms with Crippen LogP contribution in [0.4, 0.5) is 0 Å². The second-order valence-electron chi connectivity index (χ2n) is 7.77. The summed E-state index contributed by atoms with van der Waals surface area (Å²) in [7, 11) is 0. The molecule has 1 atom stereocenters. The maximum Gasteiger partial charge on any atom is 0.317 e. The molecule has 1 saturated heterocycles. The molecule has 0 spiro atoms. The molecule has 5 heteroatoms. The fourth-order valence-electron chi connectivity index (χ4n) is 3.93. The van der Waals surface area contributed by atoms with Gasteiger partial charge in [0.05, 0.1) is 23.8 Å². The number of ether oxygens (including phenoxy) is 1. The van der Waals surface area contributed by atoms with E-state index in [0.29, 0.717) is 18.7 Å². The number of unbranched alkanes of at least 4 members (excludes halogenated alkanes) is 1. The molecule has 0 aliphatic carbocycles. The maximum atomic E-state index is 5.68. The van der Waals surface area contributed by atoms with Crippen LogP contribution in [-0.4, -0.2) is 39.5 Å². The zero-order valence-electron chi connectivity index (χ0n) is 16.9. The molecule has 1 aliphatic rings. The number of nitrogens with zero attached hydrogens (tertiary/aromatic N) is 3. The number of fused-ring (bicyclic) bond motifs is 1. The summed E-state index contributed by atoms with van der Waals surface area (Å²) in [5.41, 5.74) is 5.79. The number of rotatable bonds is 8. The first kappa shape index (κ1) is 18.9. The molecule has 28 heavy (non-hydrogen) atoms. The standard InChI is InChI=1S/C23H30N4O/c1-3-4-13-28-23-25-16-21-22(26-23)20(15-24-21)14-18-7-9-19(10-8-18)17(2)27-11-5-6-12-27/h7-10,15-17,24H,3-6,11-14H2,1-2H3. The fourth-order valence-corrected chi connectivity index (χ4v) is 3.93. The van der Waals surface area contributed by atoms with Gasteiger partial charge in [-0.1, -0.05) is 37.6 Å². The Labute approximate surface area is 167 Å². The number of nitrogens with one attached hydrogen (secondary N) is 1. The molecule has 3 aromatic rings. The number of hydrogen-bond acceptors (Lipinski definition) is 4. The second kappa shape index (κ2) is 8.74. The SMILES string of the molecule is CCCCOc1ncc2[nH]cc(Cc3ccc(C(C)N4CCCC4)cc3)c2n1. The molecule has 1 aromatic carbocycles. The molecule has 0 radical (unpaired) electrons. The Morgan fingerprint density at radius 3 is 2.71 bits per heavy atom. The van der Waals surface area contributed by atoms with Gasteiger partial charge in [0.25, 0.3) is 0 Å². The van der Waals surface area contributed by atoms with Gasteiger partial charge in [-0.2, -0.15) is 4.98 Å². The smallest absolute Gasteiger partial charge is 0.317 e. The molecule has 1 fully saturated rings. The minimum atomic E-state index is 0.469. The zero-order chi connectivity index (χ0) is 19.3. The number of H-pyrrole nitrogens is 1. The van der Waals surface area contributed by atoms with Gasteiger partial charge >= 0.3 is 6.01 Å². The van der Waals surface area contributed by atoms with E-state index in [1.807, 2.05) is 12.4 Å². The van der Waals surface area contributed by atoms with Crippen molar-refractivity contribution >= 4 is 11.0 Å². The second-order valence-corrected chi connectivity index (χ2v) is 7.77. The molecular formula is C23H30N4O. The van der Waals surface area contributed by atoms with Gasteiger partial charge in [-0.25, -0.2) is 4.98 Å². The molecule has 1 unspecified atom stereocenters. The van der Waals surface area contributed by atoms with Gasteiger partial charge in [0.2, 0.25) is 0 Å². The van der Waals surface area contributed by atoms with Crippen LogP contribution in [0.15, 0.2) is 36.7 Å². The third kappa shape index (κ3) is 4.20. The van der Waals surface area contributed by atoms with Crippen molar-refractivity contribution in [2.24, 2.45) is 0 Å². The summed E-state index contributed by atoms with van der Waals surface area (Å²) in [6.07, 6.45) is 9.48. The van der Waals surface area contributed by atoms with Gasteiger partial charge in [0, 0.05) is 24.2 Å². The Bertz CT molecular complexity index is 897. The first-order valence-corrected chi connectivity index (χ1v) is 10.5. The van der Waals surface area contributed by atoms with E-state index in [0.717, 1.165) is 30.3 Å². The number of benzene rings is 1. The van der Waals surface area contributed by atoms with Crippen LogP contribution in [0.5, 0.6) is 6.01 Å². The lowest BCUT2D eigenvalue weighted by molar-refractivity contribution is 0.263. The first-order chi connectivity index (χ1) is 13.7. The molecule has 1 N–H and O–H groups in total. The van der Waals surface area contributed by atoms with E-state index in [2.05, 4.69) is 58.0 Å². The molecular weight excluding hydrogens is 348 g/mol. The van der Waals surface area contributed by atoms with Crippen molar-refractivity contribution in [2.45, 2.75) is 52.0 Å². The van der Waals surface area contributed by atoms with Crippen molar-refractivity contribution < 1.29 is 4.74 Å². The third-order valence-electron chi connectivity index (χ3n) is 5.75. The summed E-state index contributed by atoms with van der Waals surface area (Å²) in [4.78, 5) is 14.8. The third-order valence-corrected chi connectivity index (χ3v) is 5.75. The van der Waals surface area contributed by atoms with Crippen LogP contribution < -0.4 is 4.74 Å². The Morgan fingerprint density at radius 1 is 1.18 bits per heavy atom. The lowest BCUT2D eigenvalue weighted by Crippen LogP contribution is -2.23. The molecule has 0 bridgehead atoms. The summed E-state index contributed by atoms with van der Waals surface area (Å²) in [6.45, 7) is 7.57. The van der Waals surface area contributed by atoms with E-state index in [4.69, 9.17) is 4.74 Å². The highest BCUT2D eigenvalue weighted by Gasteiger charge is 2.19. The maximum absolute atomic E-state index is 5.68. The van der Waals surface area contributed by atoms with Crippen molar-refractivity contribution in [1.29, 1.82) is 0 Å².